The summed E-state index contributed by atoms with van der Waals surface area (Å²) >= 11 is 0. The average Bonchev–Trinajstić information content (AvgIpc) is 2.40. The summed E-state index contributed by atoms with van der Waals surface area (Å²) in [5, 5.41) is 11.8. The highest BCUT2D eigenvalue weighted by Gasteiger charge is 2.19. The molecule has 104 valence electrons. The van der Waals surface area contributed by atoms with E-state index in [0.29, 0.717) is 12.8 Å². The Balaban J connectivity index is 2.53. The summed E-state index contributed by atoms with van der Waals surface area (Å²) < 4.78 is 0. The van der Waals surface area contributed by atoms with E-state index in [1.54, 1.807) is 38.1 Å². The highest BCUT2D eigenvalue weighted by Crippen LogP contribution is 2.10. The van der Waals surface area contributed by atoms with Crippen molar-refractivity contribution in [1.82, 2.24) is 5.32 Å². The Bertz CT molecular complexity index is 443. The van der Waals surface area contributed by atoms with Crippen LogP contribution in [-0.4, -0.2) is 28.9 Å². The molecule has 0 unspecified atom stereocenters. The molecule has 0 aliphatic carbocycles. The van der Waals surface area contributed by atoms with Crippen LogP contribution in [0.5, 0.6) is 5.75 Å². The Hall–Kier alpha value is -1.88. The van der Waals surface area contributed by atoms with Gasteiger partial charge in [-0.25, -0.2) is 0 Å². The SMILES string of the molecule is CCC(=O)[C@@H](C)NC(=O)[C@@H](N)Cc1ccc(O)cc1. The van der Waals surface area contributed by atoms with Gasteiger partial charge in [0.2, 0.25) is 5.91 Å². The molecule has 0 bridgehead atoms. The highest BCUT2D eigenvalue weighted by atomic mass is 16.3. The topological polar surface area (TPSA) is 92.4 Å². The molecule has 4 N–H and O–H groups in total. The third-order valence-electron chi connectivity index (χ3n) is 2.92. The average molecular weight is 264 g/mol. The minimum atomic E-state index is -0.711. The largest absolute Gasteiger partial charge is 0.508 e. The minimum absolute atomic E-state index is 0.0230. The number of nitrogens with two attached hydrogens (primary N) is 1. The first kappa shape index (κ1) is 15.2. The maximum Gasteiger partial charge on any atom is 0.237 e. The van der Waals surface area contributed by atoms with Gasteiger partial charge in [0.05, 0.1) is 12.1 Å². The summed E-state index contributed by atoms with van der Waals surface area (Å²) in [7, 11) is 0. The monoisotopic (exact) mass is 264 g/mol. The molecule has 1 aromatic carbocycles. The molecule has 1 amide bonds. The van der Waals surface area contributed by atoms with Crippen molar-refractivity contribution in [2.24, 2.45) is 5.73 Å². The van der Waals surface area contributed by atoms with E-state index in [0.717, 1.165) is 5.56 Å². The molecule has 0 aromatic heterocycles. The molecule has 5 nitrogen and oxygen atoms in total. The number of hydrogen-bond acceptors (Lipinski definition) is 4. The number of nitrogens with one attached hydrogen (secondary N) is 1. The number of ketones is 1. The smallest absolute Gasteiger partial charge is 0.237 e. The van der Waals surface area contributed by atoms with E-state index in [1.807, 2.05) is 0 Å². The van der Waals surface area contributed by atoms with Gasteiger partial charge in [-0.1, -0.05) is 19.1 Å². The van der Waals surface area contributed by atoms with Crippen molar-refractivity contribution in [3.63, 3.8) is 0 Å². The molecule has 0 fully saturated rings. The highest BCUT2D eigenvalue weighted by molar-refractivity contribution is 5.90. The Morgan fingerprint density at radius 2 is 1.89 bits per heavy atom. The molecule has 0 saturated carbocycles. The molecule has 1 aromatic rings. The van der Waals surface area contributed by atoms with Gasteiger partial charge in [-0.05, 0) is 31.0 Å². The summed E-state index contributed by atoms with van der Waals surface area (Å²) in [6.45, 7) is 3.40. The summed E-state index contributed by atoms with van der Waals surface area (Å²) in [5.41, 5.74) is 6.65. The lowest BCUT2D eigenvalue weighted by atomic mass is 10.1. The Morgan fingerprint density at radius 3 is 2.42 bits per heavy atom. The summed E-state index contributed by atoms with van der Waals surface area (Å²) in [4.78, 5) is 23.2. The molecule has 0 spiro atoms. The number of carbonyl (C=O) groups is 2. The van der Waals surface area contributed by atoms with Crippen LogP contribution in [0, 0.1) is 0 Å². The number of phenolic OH excluding ortho intramolecular Hbond substituents is 1. The predicted molar refractivity (Wildman–Crippen MR) is 72.7 cm³/mol. The quantitative estimate of drug-likeness (QED) is 0.706. The van der Waals surface area contributed by atoms with Gasteiger partial charge in [0.1, 0.15) is 5.75 Å². The standard InChI is InChI=1S/C14H20N2O3/c1-3-13(18)9(2)16-14(19)12(15)8-10-4-6-11(17)7-5-10/h4-7,9,12,17H,3,8,15H2,1-2H3,(H,16,19)/t9-,12+/m1/s1. The Morgan fingerprint density at radius 1 is 1.32 bits per heavy atom. The molecule has 19 heavy (non-hydrogen) atoms. The molecule has 0 radical (unpaired) electrons. The lowest BCUT2D eigenvalue weighted by molar-refractivity contribution is -0.128. The number of aromatic hydroxyl groups is 1. The second kappa shape index (κ2) is 6.89. The maximum absolute atomic E-state index is 11.8. The molecule has 5 heteroatoms. The first-order valence-electron chi connectivity index (χ1n) is 6.30. The summed E-state index contributed by atoms with van der Waals surface area (Å²) in [6, 6.07) is 5.29. The Kier molecular flexibility index (Phi) is 5.51. The van der Waals surface area contributed by atoms with E-state index in [9.17, 15) is 9.59 Å². The maximum atomic E-state index is 11.8. The second-order valence-corrected chi connectivity index (χ2v) is 4.53. The molecular weight excluding hydrogens is 244 g/mol. The molecule has 0 heterocycles. The lowest BCUT2D eigenvalue weighted by Gasteiger charge is -2.16. The molecule has 0 aliphatic heterocycles. The normalized spacial score (nSPS) is 13.6. The van der Waals surface area contributed by atoms with Gasteiger partial charge in [0.25, 0.3) is 0 Å². The van der Waals surface area contributed by atoms with Gasteiger partial charge in [0.15, 0.2) is 5.78 Å². The van der Waals surface area contributed by atoms with E-state index >= 15 is 0 Å². The number of carbonyl (C=O) groups excluding carboxylic acids is 2. The van der Waals surface area contributed by atoms with E-state index in [4.69, 9.17) is 10.8 Å². The summed E-state index contributed by atoms with van der Waals surface area (Å²) in [6.07, 6.45) is 0.744. The second-order valence-electron chi connectivity index (χ2n) is 4.53. The van der Waals surface area contributed by atoms with Crippen molar-refractivity contribution in [2.45, 2.75) is 38.8 Å². The molecule has 0 aliphatic rings. The zero-order valence-electron chi connectivity index (χ0n) is 11.2. The van der Waals surface area contributed by atoms with Gasteiger partial charge in [-0.3, -0.25) is 9.59 Å². The number of benzene rings is 1. The number of Topliss-reactive ketones (excluding diaryl/α,β-unsaturated/α-hetero) is 1. The first-order valence-corrected chi connectivity index (χ1v) is 6.30. The van der Waals surface area contributed by atoms with Gasteiger partial charge in [-0.15, -0.1) is 0 Å². The van der Waals surface area contributed by atoms with Crippen molar-refractivity contribution in [2.75, 3.05) is 0 Å². The fourth-order valence-electron chi connectivity index (χ4n) is 1.69. The predicted octanol–water partition coefficient (Wildman–Crippen LogP) is 0.746. The zero-order valence-corrected chi connectivity index (χ0v) is 11.2. The molecular formula is C14H20N2O3. The van der Waals surface area contributed by atoms with Crippen LogP contribution in [0.15, 0.2) is 24.3 Å². The van der Waals surface area contributed by atoms with Crippen molar-refractivity contribution < 1.29 is 14.7 Å². The van der Waals surface area contributed by atoms with E-state index in [-0.39, 0.29) is 17.4 Å². The number of phenols is 1. The van der Waals surface area contributed by atoms with Crippen LogP contribution >= 0.6 is 0 Å². The van der Waals surface area contributed by atoms with Crippen molar-refractivity contribution in [3.05, 3.63) is 29.8 Å². The molecule has 0 saturated heterocycles. The van der Waals surface area contributed by atoms with Crippen LogP contribution in [0.2, 0.25) is 0 Å². The van der Waals surface area contributed by atoms with Crippen LogP contribution in [0.1, 0.15) is 25.8 Å². The van der Waals surface area contributed by atoms with Crippen molar-refractivity contribution in [1.29, 1.82) is 0 Å². The fraction of sp³-hybridized carbons (Fsp3) is 0.429. The van der Waals surface area contributed by atoms with Gasteiger partial charge in [0, 0.05) is 6.42 Å². The number of rotatable bonds is 6. The minimum Gasteiger partial charge on any atom is -0.508 e. The van der Waals surface area contributed by atoms with E-state index in [1.165, 1.54) is 0 Å². The van der Waals surface area contributed by atoms with Crippen LogP contribution in [0.3, 0.4) is 0 Å². The number of amides is 1. The van der Waals surface area contributed by atoms with Crippen LogP contribution in [0.25, 0.3) is 0 Å². The van der Waals surface area contributed by atoms with E-state index < -0.39 is 12.1 Å². The van der Waals surface area contributed by atoms with Gasteiger partial charge >= 0.3 is 0 Å². The summed E-state index contributed by atoms with van der Waals surface area (Å²) in [5.74, 6) is -0.198. The number of hydrogen-bond donors (Lipinski definition) is 3. The van der Waals surface area contributed by atoms with Crippen LogP contribution in [-0.2, 0) is 16.0 Å². The van der Waals surface area contributed by atoms with Gasteiger partial charge in [-0.2, -0.15) is 0 Å². The zero-order chi connectivity index (χ0) is 14.4. The fourth-order valence-corrected chi connectivity index (χ4v) is 1.69. The lowest BCUT2D eigenvalue weighted by Crippen LogP contribution is -2.47. The van der Waals surface area contributed by atoms with Crippen LogP contribution in [0.4, 0.5) is 0 Å². The first-order chi connectivity index (χ1) is 8.93. The van der Waals surface area contributed by atoms with Crippen LogP contribution < -0.4 is 11.1 Å². The Labute approximate surface area is 112 Å². The molecule has 1 rings (SSSR count). The third kappa shape index (κ3) is 4.71. The third-order valence-corrected chi connectivity index (χ3v) is 2.92. The van der Waals surface area contributed by atoms with Crippen molar-refractivity contribution >= 4 is 11.7 Å². The van der Waals surface area contributed by atoms with Gasteiger partial charge < -0.3 is 16.2 Å². The molecule has 2 atom stereocenters. The van der Waals surface area contributed by atoms with E-state index in [2.05, 4.69) is 5.32 Å². The van der Waals surface area contributed by atoms with Crippen molar-refractivity contribution in [3.8, 4) is 5.75 Å².